The largest absolute Gasteiger partial charge is 0.497 e. The summed E-state index contributed by atoms with van der Waals surface area (Å²) in [5.41, 5.74) is 2.81. The van der Waals surface area contributed by atoms with Gasteiger partial charge in [0.15, 0.2) is 5.96 Å². The number of ether oxygens (including phenoxy) is 2. The number of hydrogen-bond acceptors (Lipinski definition) is 4. The van der Waals surface area contributed by atoms with Gasteiger partial charge >= 0.3 is 0 Å². The highest BCUT2D eigenvalue weighted by atomic mass is 16.5. The van der Waals surface area contributed by atoms with Gasteiger partial charge in [-0.1, -0.05) is 12.1 Å². The monoisotopic (exact) mass is 438 g/mol. The van der Waals surface area contributed by atoms with Crippen LogP contribution in [0.15, 0.2) is 47.5 Å². The molecule has 7 heteroatoms. The number of nitrogens with zero attached hydrogens (tertiary/aromatic N) is 2. The molecule has 0 saturated carbocycles. The minimum absolute atomic E-state index is 0.128. The maximum absolute atomic E-state index is 12.6. The third-order valence-corrected chi connectivity index (χ3v) is 5.55. The smallest absolute Gasteiger partial charge is 0.253 e. The molecule has 0 atom stereocenters. The van der Waals surface area contributed by atoms with Crippen LogP contribution in [0.2, 0.25) is 0 Å². The number of carbonyl (C=O) groups is 1. The Kier molecular flexibility index (Phi) is 8.78. The average molecular weight is 439 g/mol. The predicted octanol–water partition coefficient (Wildman–Crippen LogP) is 3.59. The van der Waals surface area contributed by atoms with Crippen molar-refractivity contribution in [2.24, 2.45) is 4.99 Å². The average Bonchev–Trinajstić information content (AvgIpc) is 2.86. The summed E-state index contributed by atoms with van der Waals surface area (Å²) < 4.78 is 10.7. The normalized spacial score (nSPS) is 14.1. The first-order valence-electron chi connectivity index (χ1n) is 11.3. The second-order valence-corrected chi connectivity index (χ2v) is 7.78. The molecule has 0 bridgehead atoms. The summed E-state index contributed by atoms with van der Waals surface area (Å²) in [6, 6.07) is 13.5. The number of methoxy groups -OCH3 is 2. The number of carbonyl (C=O) groups excluding carboxylic acids is 1. The maximum atomic E-state index is 12.6. The molecular formula is C25H34N4O3. The van der Waals surface area contributed by atoms with Crippen LogP contribution in [0, 0.1) is 0 Å². The quantitative estimate of drug-likeness (QED) is 0.487. The first kappa shape index (κ1) is 23.4. The van der Waals surface area contributed by atoms with Crippen molar-refractivity contribution in [3.05, 3.63) is 59.2 Å². The van der Waals surface area contributed by atoms with Gasteiger partial charge in [-0.3, -0.25) is 4.79 Å². The minimum atomic E-state index is 0.128. The van der Waals surface area contributed by atoms with Crippen molar-refractivity contribution in [1.82, 2.24) is 15.5 Å². The first-order valence-corrected chi connectivity index (χ1v) is 11.3. The van der Waals surface area contributed by atoms with Gasteiger partial charge in [0.05, 0.1) is 20.8 Å². The lowest BCUT2D eigenvalue weighted by molar-refractivity contribution is 0.0724. The molecule has 0 aromatic heterocycles. The van der Waals surface area contributed by atoms with Crippen molar-refractivity contribution < 1.29 is 14.3 Å². The molecule has 2 aromatic carbocycles. The van der Waals surface area contributed by atoms with Crippen molar-refractivity contribution in [3.63, 3.8) is 0 Å². The molecule has 1 heterocycles. The SMILES string of the molecule is CCNC(=NCc1ccc(C(=O)N2CCCCC2)cc1)NCc1ccc(OC)cc1OC. The summed E-state index contributed by atoms with van der Waals surface area (Å²) in [6.45, 7) is 5.61. The van der Waals surface area contributed by atoms with Crippen LogP contribution in [0.5, 0.6) is 11.5 Å². The highest BCUT2D eigenvalue weighted by molar-refractivity contribution is 5.94. The lowest BCUT2D eigenvalue weighted by atomic mass is 10.1. The molecule has 0 spiro atoms. The van der Waals surface area contributed by atoms with Crippen molar-refractivity contribution in [2.45, 2.75) is 39.3 Å². The van der Waals surface area contributed by atoms with Crippen molar-refractivity contribution in [1.29, 1.82) is 0 Å². The third kappa shape index (κ3) is 6.39. The van der Waals surface area contributed by atoms with Gasteiger partial charge in [-0.05, 0) is 56.0 Å². The van der Waals surface area contributed by atoms with E-state index >= 15 is 0 Å². The Morgan fingerprint density at radius 3 is 2.41 bits per heavy atom. The van der Waals surface area contributed by atoms with E-state index < -0.39 is 0 Å². The minimum Gasteiger partial charge on any atom is -0.497 e. The van der Waals surface area contributed by atoms with Crippen LogP contribution in [0.3, 0.4) is 0 Å². The Hall–Kier alpha value is -3.22. The third-order valence-electron chi connectivity index (χ3n) is 5.55. The fourth-order valence-corrected chi connectivity index (χ4v) is 3.72. The predicted molar refractivity (Wildman–Crippen MR) is 127 cm³/mol. The molecule has 1 saturated heterocycles. The van der Waals surface area contributed by atoms with E-state index in [0.717, 1.165) is 66.6 Å². The number of amides is 1. The Morgan fingerprint density at radius 1 is 1.00 bits per heavy atom. The van der Waals surface area contributed by atoms with Crippen molar-refractivity contribution in [3.8, 4) is 11.5 Å². The van der Waals surface area contributed by atoms with Gasteiger partial charge in [-0.15, -0.1) is 0 Å². The number of aliphatic imine (C=N–C) groups is 1. The van der Waals surface area contributed by atoms with Gasteiger partial charge < -0.3 is 25.0 Å². The summed E-state index contributed by atoms with van der Waals surface area (Å²) in [6.07, 6.45) is 3.41. The van der Waals surface area contributed by atoms with E-state index in [-0.39, 0.29) is 5.91 Å². The number of nitrogens with one attached hydrogen (secondary N) is 2. The van der Waals surface area contributed by atoms with Crippen molar-refractivity contribution >= 4 is 11.9 Å². The summed E-state index contributed by atoms with van der Waals surface area (Å²) in [4.78, 5) is 19.3. The van der Waals surface area contributed by atoms with Crippen LogP contribution < -0.4 is 20.1 Å². The molecule has 2 N–H and O–H groups in total. The molecule has 1 aliphatic heterocycles. The number of benzene rings is 2. The van der Waals surface area contributed by atoms with E-state index in [1.807, 2.05) is 54.3 Å². The molecule has 3 rings (SSSR count). The summed E-state index contributed by atoms with van der Waals surface area (Å²) in [5, 5.41) is 6.62. The second kappa shape index (κ2) is 12.0. The molecule has 1 aliphatic rings. The van der Waals surface area contributed by atoms with Gasteiger partial charge in [-0.2, -0.15) is 0 Å². The van der Waals surface area contributed by atoms with Gasteiger partial charge in [0.2, 0.25) is 0 Å². The number of hydrogen-bond donors (Lipinski definition) is 2. The van der Waals surface area contributed by atoms with Crippen LogP contribution in [0.4, 0.5) is 0 Å². The molecule has 1 fully saturated rings. The van der Waals surface area contributed by atoms with Gasteiger partial charge in [0.25, 0.3) is 5.91 Å². The number of guanidine groups is 1. The summed E-state index contributed by atoms with van der Waals surface area (Å²) in [7, 11) is 3.29. The fraction of sp³-hybridized carbons (Fsp3) is 0.440. The molecule has 0 unspecified atom stereocenters. The van der Waals surface area contributed by atoms with Crippen molar-refractivity contribution in [2.75, 3.05) is 33.9 Å². The fourth-order valence-electron chi connectivity index (χ4n) is 3.72. The molecule has 1 amide bonds. The molecular weight excluding hydrogens is 404 g/mol. The highest BCUT2D eigenvalue weighted by Gasteiger charge is 2.17. The topological polar surface area (TPSA) is 75.2 Å². The molecule has 7 nitrogen and oxygen atoms in total. The van der Waals surface area contributed by atoms with Crippen LogP contribution in [-0.4, -0.2) is 50.6 Å². The molecule has 0 aliphatic carbocycles. The standard InChI is InChI=1S/C25H34N4O3/c1-4-26-25(28-18-21-12-13-22(31-2)16-23(21)32-3)27-17-19-8-10-20(11-9-19)24(30)29-14-6-5-7-15-29/h8-13,16H,4-7,14-15,17-18H2,1-3H3,(H2,26,27,28). The van der Waals surface area contributed by atoms with E-state index in [0.29, 0.717) is 13.1 Å². The molecule has 32 heavy (non-hydrogen) atoms. The Morgan fingerprint density at radius 2 is 1.75 bits per heavy atom. The zero-order chi connectivity index (χ0) is 22.8. The zero-order valence-corrected chi connectivity index (χ0v) is 19.3. The lowest BCUT2D eigenvalue weighted by Gasteiger charge is -2.26. The number of piperidine rings is 1. The van der Waals surface area contributed by atoms with E-state index in [2.05, 4.69) is 15.6 Å². The highest BCUT2D eigenvalue weighted by Crippen LogP contribution is 2.24. The molecule has 172 valence electrons. The van der Waals surface area contributed by atoms with E-state index in [9.17, 15) is 4.79 Å². The number of likely N-dealkylation sites (tertiary alicyclic amines) is 1. The Bertz CT molecular complexity index is 906. The van der Waals surface area contributed by atoms with E-state index in [1.54, 1.807) is 14.2 Å². The Labute approximate surface area is 190 Å². The second-order valence-electron chi connectivity index (χ2n) is 7.78. The summed E-state index contributed by atoms with van der Waals surface area (Å²) in [5.74, 6) is 2.37. The molecule has 2 aromatic rings. The van der Waals surface area contributed by atoms with Gasteiger partial charge in [0, 0.05) is 43.4 Å². The number of rotatable bonds is 8. The molecule has 0 radical (unpaired) electrons. The van der Waals surface area contributed by atoms with Crippen LogP contribution >= 0.6 is 0 Å². The van der Waals surface area contributed by atoms with Gasteiger partial charge in [0.1, 0.15) is 11.5 Å². The Balaban J connectivity index is 1.60. The first-order chi connectivity index (χ1) is 15.6. The summed E-state index contributed by atoms with van der Waals surface area (Å²) >= 11 is 0. The van der Waals surface area contributed by atoms with Gasteiger partial charge in [-0.25, -0.2) is 4.99 Å². The van der Waals surface area contributed by atoms with Crippen LogP contribution in [-0.2, 0) is 13.1 Å². The lowest BCUT2D eigenvalue weighted by Crippen LogP contribution is -2.36. The maximum Gasteiger partial charge on any atom is 0.253 e. The van der Waals surface area contributed by atoms with E-state index in [1.165, 1.54) is 6.42 Å². The van der Waals surface area contributed by atoms with Crippen LogP contribution in [0.1, 0.15) is 47.7 Å². The zero-order valence-electron chi connectivity index (χ0n) is 19.3. The van der Waals surface area contributed by atoms with E-state index in [4.69, 9.17) is 9.47 Å². The van der Waals surface area contributed by atoms with Crippen LogP contribution in [0.25, 0.3) is 0 Å².